The Bertz CT molecular complexity index is 549. The van der Waals surface area contributed by atoms with Crippen LogP contribution in [-0.2, 0) is 0 Å². The Labute approximate surface area is 140 Å². The monoisotopic (exact) mass is 314 g/mol. The molecule has 126 valence electrons. The van der Waals surface area contributed by atoms with Crippen LogP contribution in [0.25, 0.3) is 0 Å². The molecule has 0 radical (unpaired) electrons. The molecule has 23 heavy (non-hydrogen) atoms. The predicted molar refractivity (Wildman–Crippen MR) is 94.8 cm³/mol. The van der Waals surface area contributed by atoms with Gasteiger partial charge in [-0.25, -0.2) is 0 Å². The van der Waals surface area contributed by atoms with Crippen LogP contribution >= 0.6 is 0 Å². The Hall–Kier alpha value is -1.19. The zero-order chi connectivity index (χ0) is 16.5. The van der Waals surface area contributed by atoms with Gasteiger partial charge in [-0.3, -0.25) is 14.6 Å². The van der Waals surface area contributed by atoms with Crippen LogP contribution in [0.1, 0.15) is 50.4 Å². The van der Waals surface area contributed by atoms with Crippen LogP contribution in [0, 0.1) is 5.41 Å². The molecule has 0 saturated carbocycles. The Balaban J connectivity index is 1.62. The van der Waals surface area contributed by atoms with Crippen molar-refractivity contribution in [1.82, 2.24) is 9.80 Å². The fourth-order valence-electron chi connectivity index (χ4n) is 4.20. The fourth-order valence-corrected chi connectivity index (χ4v) is 4.20. The predicted octanol–water partition coefficient (Wildman–Crippen LogP) is 3.46. The summed E-state index contributed by atoms with van der Waals surface area (Å²) < 4.78 is 0. The minimum absolute atomic E-state index is 0.256. The molecule has 3 nitrogen and oxygen atoms in total. The van der Waals surface area contributed by atoms with Crippen LogP contribution in [0.5, 0.6) is 0 Å². The van der Waals surface area contributed by atoms with Gasteiger partial charge < -0.3 is 0 Å². The number of carbonyl (C=O) groups is 1. The number of hydrogen-bond donors (Lipinski definition) is 0. The molecule has 1 aromatic rings. The lowest BCUT2D eigenvalue weighted by Crippen LogP contribution is -2.48. The van der Waals surface area contributed by atoms with Gasteiger partial charge >= 0.3 is 0 Å². The highest BCUT2D eigenvalue weighted by atomic mass is 16.1. The molecule has 0 aromatic heterocycles. The molecule has 2 saturated heterocycles. The Kier molecular flexibility index (Phi) is 4.61. The van der Waals surface area contributed by atoms with Gasteiger partial charge in [0.15, 0.2) is 5.78 Å². The topological polar surface area (TPSA) is 23.6 Å². The number of carbonyl (C=O) groups excluding carboxylic acids is 1. The molecule has 1 spiro atoms. The van der Waals surface area contributed by atoms with Crippen molar-refractivity contribution in [2.75, 3.05) is 32.7 Å². The Morgan fingerprint density at radius 2 is 1.83 bits per heavy atom. The van der Waals surface area contributed by atoms with Gasteiger partial charge in [-0.2, -0.15) is 0 Å². The van der Waals surface area contributed by atoms with E-state index in [4.69, 9.17) is 0 Å². The zero-order valence-corrected chi connectivity index (χ0v) is 14.8. The second-order valence-electron chi connectivity index (χ2n) is 8.45. The number of nitrogens with zero attached hydrogens (tertiary/aromatic N) is 2. The normalized spacial score (nSPS) is 26.7. The molecule has 3 rings (SSSR count). The van der Waals surface area contributed by atoms with Gasteiger partial charge in [0, 0.05) is 24.2 Å². The van der Waals surface area contributed by atoms with Gasteiger partial charge in [0.05, 0.1) is 6.54 Å². The molecule has 1 unspecified atom stereocenters. The summed E-state index contributed by atoms with van der Waals surface area (Å²) in [6.45, 7) is 12.0. The van der Waals surface area contributed by atoms with Gasteiger partial charge in [0.1, 0.15) is 0 Å². The molecule has 0 amide bonds. The average molecular weight is 314 g/mol. The van der Waals surface area contributed by atoms with E-state index in [1.165, 1.54) is 32.4 Å². The van der Waals surface area contributed by atoms with Gasteiger partial charge in [0.25, 0.3) is 0 Å². The highest BCUT2D eigenvalue weighted by molar-refractivity contribution is 5.97. The van der Waals surface area contributed by atoms with Crippen molar-refractivity contribution in [1.29, 1.82) is 0 Å². The molecule has 3 heteroatoms. The first-order valence-corrected chi connectivity index (χ1v) is 8.94. The highest BCUT2D eigenvalue weighted by Gasteiger charge is 2.44. The molecule has 2 aliphatic heterocycles. The van der Waals surface area contributed by atoms with E-state index in [-0.39, 0.29) is 11.3 Å². The van der Waals surface area contributed by atoms with Gasteiger partial charge in [-0.05, 0) is 58.5 Å². The maximum atomic E-state index is 12.5. The number of likely N-dealkylation sites (tertiary alicyclic amines) is 2. The van der Waals surface area contributed by atoms with Crippen molar-refractivity contribution in [3.8, 4) is 0 Å². The lowest BCUT2D eigenvalue weighted by Gasteiger charge is -2.41. The van der Waals surface area contributed by atoms with E-state index in [2.05, 4.69) is 30.6 Å². The summed E-state index contributed by atoms with van der Waals surface area (Å²) in [5.74, 6) is 0.258. The summed E-state index contributed by atoms with van der Waals surface area (Å²) in [6.07, 6.45) is 3.82. The molecule has 0 N–H and O–H groups in total. The fraction of sp³-hybridized carbons (Fsp3) is 0.650. The van der Waals surface area contributed by atoms with Crippen LogP contribution in [0.3, 0.4) is 0 Å². The van der Waals surface area contributed by atoms with E-state index in [1.807, 2.05) is 30.3 Å². The summed E-state index contributed by atoms with van der Waals surface area (Å²) in [4.78, 5) is 17.5. The van der Waals surface area contributed by atoms with Crippen LogP contribution in [-0.4, -0.2) is 53.8 Å². The molecule has 1 atom stereocenters. The summed E-state index contributed by atoms with van der Waals surface area (Å²) in [5.41, 5.74) is 1.50. The van der Waals surface area contributed by atoms with Crippen LogP contribution in [0.15, 0.2) is 30.3 Å². The van der Waals surface area contributed by atoms with Crippen molar-refractivity contribution in [2.24, 2.45) is 5.41 Å². The van der Waals surface area contributed by atoms with Crippen molar-refractivity contribution in [3.05, 3.63) is 35.9 Å². The number of hydrogen-bond acceptors (Lipinski definition) is 3. The van der Waals surface area contributed by atoms with E-state index in [9.17, 15) is 4.79 Å². The quantitative estimate of drug-likeness (QED) is 0.798. The number of rotatable bonds is 3. The van der Waals surface area contributed by atoms with Crippen molar-refractivity contribution in [2.45, 2.75) is 45.6 Å². The first kappa shape index (κ1) is 16.7. The SMILES string of the molecule is CC(C)(C)N1CCC2(CCCN(CC(=O)c3ccccc3)C2)C1. The van der Waals surface area contributed by atoms with Crippen molar-refractivity contribution < 1.29 is 4.79 Å². The summed E-state index contributed by atoms with van der Waals surface area (Å²) in [6, 6.07) is 9.72. The lowest BCUT2D eigenvalue weighted by atomic mass is 9.79. The molecule has 2 fully saturated rings. The molecule has 0 aliphatic carbocycles. The van der Waals surface area contributed by atoms with Crippen LogP contribution in [0.2, 0.25) is 0 Å². The third-order valence-electron chi connectivity index (χ3n) is 5.59. The van der Waals surface area contributed by atoms with Crippen molar-refractivity contribution in [3.63, 3.8) is 0 Å². The zero-order valence-electron chi connectivity index (χ0n) is 14.8. The van der Waals surface area contributed by atoms with Gasteiger partial charge in [-0.1, -0.05) is 30.3 Å². The smallest absolute Gasteiger partial charge is 0.176 e. The number of ketones is 1. The van der Waals surface area contributed by atoms with Crippen LogP contribution in [0.4, 0.5) is 0 Å². The van der Waals surface area contributed by atoms with E-state index >= 15 is 0 Å². The number of Topliss-reactive ketones (excluding diaryl/α,β-unsaturated/α-hetero) is 1. The minimum Gasteiger partial charge on any atom is -0.298 e. The van der Waals surface area contributed by atoms with E-state index < -0.39 is 0 Å². The largest absolute Gasteiger partial charge is 0.298 e. The van der Waals surface area contributed by atoms with Crippen LogP contribution < -0.4 is 0 Å². The summed E-state index contributed by atoms with van der Waals surface area (Å²) >= 11 is 0. The minimum atomic E-state index is 0.256. The highest BCUT2D eigenvalue weighted by Crippen LogP contribution is 2.41. The molecular weight excluding hydrogens is 284 g/mol. The maximum absolute atomic E-state index is 12.5. The Morgan fingerprint density at radius 1 is 1.09 bits per heavy atom. The van der Waals surface area contributed by atoms with E-state index in [0.29, 0.717) is 12.0 Å². The number of piperidine rings is 1. The van der Waals surface area contributed by atoms with Crippen molar-refractivity contribution >= 4 is 5.78 Å². The first-order valence-electron chi connectivity index (χ1n) is 8.94. The molecule has 2 heterocycles. The molecule has 2 aliphatic rings. The van der Waals surface area contributed by atoms with E-state index in [1.54, 1.807) is 0 Å². The molecule has 0 bridgehead atoms. The third kappa shape index (κ3) is 3.84. The third-order valence-corrected chi connectivity index (χ3v) is 5.59. The van der Waals surface area contributed by atoms with E-state index in [0.717, 1.165) is 18.7 Å². The standard InChI is InChI=1S/C20H30N2O/c1-19(2,3)22-13-11-20(16-22)10-7-12-21(15-20)14-18(23)17-8-5-4-6-9-17/h4-6,8-9H,7,10-16H2,1-3H3. The van der Waals surface area contributed by atoms with Gasteiger partial charge in [0.2, 0.25) is 0 Å². The first-order chi connectivity index (χ1) is 10.9. The second kappa shape index (κ2) is 6.37. The summed E-state index contributed by atoms with van der Waals surface area (Å²) in [5, 5.41) is 0. The lowest BCUT2D eigenvalue weighted by molar-refractivity contribution is 0.0662. The second-order valence-corrected chi connectivity index (χ2v) is 8.45. The summed E-state index contributed by atoms with van der Waals surface area (Å²) in [7, 11) is 0. The maximum Gasteiger partial charge on any atom is 0.176 e. The molecule has 1 aromatic carbocycles. The Morgan fingerprint density at radius 3 is 2.48 bits per heavy atom. The van der Waals surface area contributed by atoms with Gasteiger partial charge in [-0.15, -0.1) is 0 Å². The molecular formula is C20H30N2O. The average Bonchev–Trinajstić information content (AvgIpc) is 2.92. The number of benzene rings is 1.